The number of halogens is 3. The van der Waals surface area contributed by atoms with Crippen LogP contribution in [0.4, 0.5) is 30.2 Å². The maximum Gasteiger partial charge on any atom is 0.418 e. The number of carbonyl (C=O) groups is 1. The highest BCUT2D eigenvalue weighted by Gasteiger charge is 2.33. The number of carbonyl (C=O) groups excluding carboxylic acids is 1. The number of hydrogen-bond donors (Lipinski definition) is 2. The van der Waals surface area contributed by atoms with Crippen LogP contribution in [0.2, 0.25) is 0 Å². The number of para-hydroxylation sites is 1. The fourth-order valence-electron chi connectivity index (χ4n) is 2.43. The summed E-state index contributed by atoms with van der Waals surface area (Å²) in [5.41, 5.74) is 1.35. The molecule has 0 atom stereocenters. The summed E-state index contributed by atoms with van der Waals surface area (Å²) in [4.78, 5) is 16.2. The van der Waals surface area contributed by atoms with Crippen molar-refractivity contribution in [3.05, 3.63) is 83.7 Å². The van der Waals surface area contributed by atoms with E-state index in [-0.39, 0.29) is 11.4 Å². The molecule has 2 N–H and O–H groups in total. The van der Waals surface area contributed by atoms with E-state index in [1.807, 2.05) is 19.1 Å². The third kappa shape index (κ3) is 4.63. The Bertz CT molecular complexity index is 936. The summed E-state index contributed by atoms with van der Waals surface area (Å²) in [6.45, 7) is 1.94. The van der Waals surface area contributed by atoms with Crippen LogP contribution in [0.1, 0.15) is 21.6 Å². The number of pyridine rings is 1. The number of amides is 1. The first-order chi connectivity index (χ1) is 12.8. The van der Waals surface area contributed by atoms with Crippen LogP contribution in [0.5, 0.6) is 0 Å². The molecule has 0 fully saturated rings. The topological polar surface area (TPSA) is 54.0 Å². The molecule has 0 aliphatic carbocycles. The third-order valence-electron chi connectivity index (χ3n) is 3.82. The Kier molecular flexibility index (Phi) is 5.12. The number of nitrogens with zero attached hydrogens (tertiary/aromatic N) is 1. The molecular formula is C20H16F3N3O. The van der Waals surface area contributed by atoms with Crippen molar-refractivity contribution in [1.82, 2.24) is 4.98 Å². The summed E-state index contributed by atoms with van der Waals surface area (Å²) < 4.78 is 39.1. The average Bonchev–Trinajstić information content (AvgIpc) is 2.64. The Labute approximate surface area is 154 Å². The lowest BCUT2D eigenvalue weighted by Crippen LogP contribution is -2.13. The van der Waals surface area contributed by atoms with Crippen molar-refractivity contribution in [3.63, 3.8) is 0 Å². The number of benzene rings is 2. The van der Waals surface area contributed by atoms with E-state index in [2.05, 4.69) is 15.6 Å². The highest BCUT2D eigenvalue weighted by molar-refractivity contribution is 6.02. The van der Waals surface area contributed by atoms with E-state index in [4.69, 9.17) is 0 Å². The fraction of sp³-hybridized carbons (Fsp3) is 0.100. The lowest BCUT2D eigenvalue weighted by atomic mass is 10.1. The Hall–Kier alpha value is -3.35. The van der Waals surface area contributed by atoms with Crippen LogP contribution in [-0.2, 0) is 6.18 Å². The van der Waals surface area contributed by atoms with E-state index >= 15 is 0 Å². The van der Waals surface area contributed by atoms with E-state index in [1.165, 1.54) is 36.5 Å². The first kappa shape index (κ1) is 18.4. The number of rotatable bonds is 4. The van der Waals surface area contributed by atoms with Gasteiger partial charge in [-0.15, -0.1) is 0 Å². The number of alkyl halides is 3. The number of aromatic nitrogens is 1. The predicted molar refractivity (Wildman–Crippen MR) is 98.1 cm³/mol. The highest BCUT2D eigenvalue weighted by atomic mass is 19.4. The van der Waals surface area contributed by atoms with Crippen molar-refractivity contribution >= 4 is 23.0 Å². The van der Waals surface area contributed by atoms with E-state index in [1.54, 1.807) is 12.1 Å². The van der Waals surface area contributed by atoms with Crippen LogP contribution < -0.4 is 10.6 Å². The van der Waals surface area contributed by atoms with Gasteiger partial charge in [0.1, 0.15) is 5.69 Å². The second-order valence-corrected chi connectivity index (χ2v) is 5.92. The summed E-state index contributed by atoms with van der Waals surface area (Å²) >= 11 is 0. The maximum absolute atomic E-state index is 13.0. The van der Waals surface area contributed by atoms with E-state index in [9.17, 15) is 18.0 Å². The van der Waals surface area contributed by atoms with Gasteiger partial charge >= 0.3 is 6.18 Å². The smallest absolute Gasteiger partial charge is 0.354 e. The van der Waals surface area contributed by atoms with Crippen LogP contribution in [0.15, 0.2) is 66.9 Å². The van der Waals surface area contributed by atoms with Gasteiger partial charge in [-0.2, -0.15) is 13.2 Å². The molecule has 3 rings (SSSR count). The lowest BCUT2D eigenvalue weighted by Gasteiger charge is -2.14. The minimum Gasteiger partial charge on any atom is -0.354 e. The van der Waals surface area contributed by atoms with Crippen LogP contribution >= 0.6 is 0 Å². The molecule has 0 bridgehead atoms. The van der Waals surface area contributed by atoms with Gasteiger partial charge in [0.25, 0.3) is 5.91 Å². The van der Waals surface area contributed by atoms with Crippen LogP contribution in [0.3, 0.4) is 0 Å². The van der Waals surface area contributed by atoms with Crippen LogP contribution in [0, 0.1) is 6.92 Å². The molecule has 0 unspecified atom stereocenters. The molecule has 4 nitrogen and oxygen atoms in total. The molecule has 1 heterocycles. The van der Waals surface area contributed by atoms with Crippen molar-refractivity contribution in [2.45, 2.75) is 13.1 Å². The molecule has 0 spiro atoms. The Morgan fingerprint density at radius 1 is 0.926 bits per heavy atom. The first-order valence-electron chi connectivity index (χ1n) is 8.10. The van der Waals surface area contributed by atoms with Gasteiger partial charge < -0.3 is 10.6 Å². The van der Waals surface area contributed by atoms with E-state index in [0.717, 1.165) is 11.6 Å². The van der Waals surface area contributed by atoms with Crippen molar-refractivity contribution in [2.75, 3.05) is 10.6 Å². The van der Waals surface area contributed by atoms with Crippen molar-refractivity contribution in [1.29, 1.82) is 0 Å². The first-order valence-corrected chi connectivity index (χ1v) is 8.10. The Balaban J connectivity index is 1.72. The number of aryl methyl sites for hydroxylation is 1. The molecule has 3 aromatic rings. The molecule has 0 radical (unpaired) electrons. The molecule has 1 amide bonds. The second-order valence-electron chi connectivity index (χ2n) is 5.92. The largest absolute Gasteiger partial charge is 0.418 e. The normalized spacial score (nSPS) is 11.1. The van der Waals surface area contributed by atoms with Crippen molar-refractivity contribution in [3.8, 4) is 0 Å². The zero-order valence-electron chi connectivity index (χ0n) is 14.3. The van der Waals surface area contributed by atoms with Gasteiger partial charge in [-0.1, -0.05) is 29.8 Å². The molecule has 7 heteroatoms. The van der Waals surface area contributed by atoms with E-state index < -0.39 is 17.6 Å². The molecule has 2 aromatic carbocycles. The van der Waals surface area contributed by atoms with Gasteiger partial charge in [0, 0.05) is 5.69 Å². The summed E-state index contributed by atoms with van der Waals surface area (Å²) in [5, 5.41) is 5.40. The molecule has 0 saturated heterocycles. The SMILES string of the molecule is Cc1ccc(NC(=O)c2ccc(Nc3ccccc3C(F)(F)F)cn2)cc1. The quantitative estimate of drug-likeness (QED) is 0.645. The molecule has 0 aliphatic heterocycles. The summed E-state index contributed by atoms with van der Waals surface area (Å²) in [6.07, 6.45) is -3.15. The maximum atomic E-state index is 13.0. The summed E-state index contributed by atoms with van der Waals surface area (Å²) in [6, 6.07) is 15.4. The lowest BCUT2D eigenvalue weighted by molar-refractivity contribution is -0.136. The number of hydrogen-bond acceptors (Lipinski definition) is 3. The monoisotopic (exact) mass is 371 g/mol. The molecule has 1 aromatic heterocycles. The molecular weight excluding hydrogens is 355 g/mol. The second kappa shape index (κ2) is 7.49. The third-order valence-corrected chi connectivity index (χ3v) is 3.82. The molecule has 0 saturated carbocycles. The zero-order chi connectivity index (χ0) is 19.4. The van der Waals surface area contributed by atoms with Crippen LogP contribution in [0.25, 0.3) is 0 Å². The summed E-state index contributed by atoms with van der Waals surface area (Å²) in [5.74, 6) is -0.402. The highest BCUT2D eigenvalue weighted by Crippen LogP contribution is 2.35. The molecule has 27 heavy (non-hydrogen) atoms. The van der Waals surface area contributed by atoms with Crippen molar-refractivity contribution in [2.24, 2.45) is 0 Å². The number of nitrogens with one attached hydrogen (secondary N) is 2. The molecule has 138 valence electrons. The molecule has 0 aliphatic rings. The van der Waals surface area contributed by atoms with Gasteiger partial charge in [-0.3, -0.25) is 4.79 Å². The van der Waals surface area contributed by atoms with Gasteiger partial charge in [-0.05, 0) is 43.3 Å². The number of anilines is 3. The predicted octanol–water partition coefficient (Wildman–Crippen LogP) is 5.40. The van der Waals surface area contributed by atoms with E-state index in [0.29, 0.717) is 11.4 Å². The standard InChI is InChI=1S/C20H16F3N3O/c1-13-6-8-14(9-7-13)26-19(27)18-11-10-15(12-24-18)25-17-5-3-2-4-16(17)20(21,22)23/h2-12,25H,1H3,(H,26,27). The minimum absolute atomic E-state index is 0.0799. The van der Waals surface area contributed by atoms with Gasteiger partial charge in [0.15, 0.2) is 0 Å². The average molecular weight is 371 g/mol. The van der Waals surface area contributed by atoms with Gasteiger partial charge in [0.2, 0.25) is 0 Å². The Morgan fingerprint density at radius 3 is 2.22 bits per heavy atom. The van der Waals surface area contributed by atoms with Crippen LogP contribution in [-0.4, -0.2) is 10.9 Å². The minimum atomic E-state index is -4.47. The van der Waals surface area contributed by atoms with Gasteiger partial charge in [0.05, 0.1) is 23.1 Å². The zero-order valence-corrected chi connectivity index (χ0v) is 14.3. The fourth-order valence-corrected chi connectivity index (χ4v) is 2.43. The van der Waals surface area contributed by atoms with Gasteiger partial charge in [-0.25, -0.2) is 4.98 Å². The van der Waals surface area contributed by atoms with Crippen molar-refractivity contribution < 1.29 is 18.0 Å². The summed E-state index contributed by atoms with van der Waals surface area (Å²) in [7, 11) is 0. The Morgan fingerprint density at radius 2 is 1.59 bits per heavy atom.